The van der Waals surface area contributed by atoms with Gasteiger partial charge >= 0.3 is 0 Å². The maximum Gasteiger partial charge on any atom is 0.0110 e. The highest BCUT2D eigenvalue weighted by molar-refractivity contribution is 4.71. The van der Waals surface area contributed by atoms with E-state index in [0.717, 1.165) is 6.42 Å². The smallest absolute Gasteiger partial charge is 0.0110 e. The molecule has 3 heteroatoms. The zero-order valence-electron chi connectivity index (χ0n) is 9.71. The summed E-state index contributed by atoms with van der Waals surface area (Å²) in [6.45, 7) is 11.7. The molecular formula is C11H25N3. The zero-order chi connectivity index (χ0) is 10.4. The van der Waals surface area contributed by atoms with E-state index in [1.54, 1.807) is 0 Å². The normalized spacial score (nSPS) is 22.5. The molecule has 0 spiro atoms. The molecule has 1 saturated heterocycles. The number of nitrogens with zero attached hydrogens (tertiary/aromatic N) is 2. The Labute approximate surface area is 88.2 Å². The molecule has 1 unspecified atom stereocenters. The maximum absolute atomic E-state index is 5.72. The molecule has 2 N–H and O–H groups in total. The van der Waals surface area contributed by atoms with Crippen LogP contribution < -0.4 is 5.73 Å². The van der Waals surface area contributed by atoms with E-state index >= 15 is 0 Å². The minimum Gasteiger partial charge on any atom is -0.328 e. The minimum absolute atomic E-state index is 0.368. The van der Waals surface area contributed by atoms with Gasteiger partial charge < -0.3 is 15.5 Å². The standard InChI is InChI=1S/C11H25N3/c1-3-13-7-9-14(10-8-13)6-4-5-11(2)12/h11H,3-10,12H2,1-2H3. The lowest BCUT2D eigenvalue weighted by Crippen LogP contribution is -2.46. The van der Waals surface area contributed by atoms with Crippen molar-refractivity contribution in [1.82, 2.24) is 9.80 Å². The highest BCUT2D eigenvalue weighted by Gasteiger charge is 2.14. The van der Waals surface area contributed by atoms with Gasteiger partial charge in [0.1, 0.15) is 0 Å². The second-order valence-electron chi connectivity index (χ2n) is 4.40. The molecule has 84 valence electrons. The molecule has 1 heterocycles. The van der Waals surface area contributed by atoms with Crippen LogP contribution in [-0.2, 0) is 0 Å². The molecule has 0 saturated carbocycles. The summed E-state index contributed by atoms with van der Waals surface area (Å²) in [5.74, 6) is 0. The second-order valence-corrected chi connectivity index (χ2v) is 4.40. The van der Waals surface area contributed by atoms with Gasteiger partial charge in [-0.1, -0.05) is 6.92 Å². The van der Waals surface area contributed by atoms with Crippen LogP contribution in [0.25, 0.3) is 0 Å². The SMILES string of the molecule is CCN1CCN(CCCC(C)N)CC1. The Balaban J connectivity index is 2.04. The van der Waals surface area contributed by atoms with Crippen LogP contribution in [0.4, 0.5) is 0 Å². The van der Waals surface area contributed by atoms with E-state index in [1.807, 2.05) is 0 Å². The van der Waals surface area contributed by atoms with Gasteiger partial charge in [-0.2, -0.15) is 0 Å². The zero-order valence-corrected chi connectivity index (χ0v) is 9.71. The van der Waals surface area contributed by atoms with Gasteiger partial charge in [-0.05, 0) is 32.9 Å². The van der Waals surface area contributed by atoms with E-state index in [-0.39, 0.29) is 0 Å². The highest BCUT2D eigenvalue weighted by atomic mass is 15.3. The van der Waals surface area contributed by atoms with Crippen LogP contribution in [-0.4, -0.2) is 55.1 Å². The van der Waals surface area contributed by atoms with Gasteiger partial charge in [0.25, 0.3) is 0 Å². The summed E-state index contributed by atoms with van der Waals surface area (Å²) >= 11 is 0. The van der Waals surface area contributed by atoms with Crippen molar-refractivity contribution in [2.24, 2.45) is 5.73 Å². The van der Waals surface area contributed by atoms with E-state index in [1.165, 1.54) is 45.7 Å². The predicted octanol–water partition coefficient (Wildman–Crippen LogP) is 0.751. The van der Waals surface area contributed by atoms with Gasteiger partial charge in [0.2, 0.25) is 0 Å². The first-order chi connectivity index (χ1) is 6.72. The molecule has 0 bridgehead atoms. The predicted molar refractivity (Wildman–Crippen MR) is 61.4 cm³/mol. The molecule has 14 heavy (non-hydrogen) atoms. The molecule has 0 aromatic carbocycles. The fourth-order valence-corrected chi connectivity index (χ4v) is 1.97. The largest absolute Gasteiger partial charge is 0.328 e. The summed E-state index contributed by atoms with van der Waals surface area (Å²) in [4.78, 5) is 5.08. The lowest BCUT2D eigenvalue weighted by Gasteiger charge is -2.34. The molecule has 1 rings (SSSR count). The van der Waals surface area contributed by atoms with Crippen molar-refractivity contribution in [1.29, 1.82) is 0 Å². The van der Waals surface area contributed by atoms with E-state index < -0.39 is 0 Å². The molecule has 1 aliphatic heterocycles. The minimum atomic E-state index is 0.368. The second kappa shape index (κ2) is 6.38. The van der Waals surface area contributed by atoms with Crippen LogP contribution in [0.15, 0.2) is 0 Å². The molecule has 0 amide bonds. The number of likely N-dealkylation sites (N-methyl/N-ethyl adjacent to an activating group) is 1. The highest BCUT2D eigenvalue weighted by Crippen LogP contribution is 2.03. The molecule has 1 atom stereocenters. The molecule has 0 aromatic rings. The molecule has 1 aliphatic rings. The van der Waals surface area contributed by atoms with Gasteiger partial charge in [-0.3, -0.25) is 0 Å². The Morgan fingerprint density at radius 2 is 1.71 bits per heavy atom. The number of nitrogens with two attached hydrogens (primary N) is 1. The molecular weight excluding hydrogens is 174 g/mol. The molecule has 0 radical (unpaired) electrons. The summed E-state index contributed by atoms with van der Waals surface area (Å²) in [6.07, 6.45) is 2.41. The first-order valence-electron chi connectivity index (χ1n) is 5.92. The van der Waals surface area contributed by atoms with E-state index in [9.17, 15) is 0 Å². The van der Waals surface area contributed by atoms with Crippen LogP contribution in [0.5, 0.6) is 0 Å². The van der Waals surface area contributed by atoms with Gasteiger partial charge in [-0.25, -0.2) is 0 Å². The number of rotatable bonds is 5. The summed E-state index contributed by atoms with van der Waals surface area (Å²) in [5, 5.41) is 0. The first kappa shape index (κ1) is 12.0. The lowest BCUT2D eigenvalue weighted by molar-refractivity contribution is 0.135. The summed E-state index contributed by atoms with van der Waals surface area (Å²) in [5.41, 5.74) is 5.72. The monoisotopic (exact) mass is 199 g/mol. The van der Waals surface area contributed by atoms with Crippen LogP contribution in [0.1, 0.15) is 26.7 Å². The van der Waals surface area contributed by atoms with Crippen molar-refractivity contribution in [2.45, 2.75) is 32.7 Å². The maximum atomic E-state index is 5.72. The number of hydrogen-bond donors (Lipinski definition) is 1. The fraction of sp³-hybridized carbons (Fsp3) is 1.00. The quantitative estimate of drug-likeness (QED) is 0.709. The molecule has 1 fully saturated rings. The first-order valence-corrected chi connectivity index (χ1v) is 5.92. The lowest BCUT2D eigenvalue weighted by atomic mass is 10.2. The van der Waals surface area contributed by atoms with Crippen molar-refractivity contribution >= 4 is 0 Å². The van der Waals surface area contributed by atoms with Crippen molar-refractivity contribution < 1.29 is 0 Å². The Morgan fingerprint density at radius 1 is 1.14 bits per heavy atom. The Bertz CT molecular complexity index is 139. The van der Waals surface area contributed by atoms with Crippen LogP contribution >= 0.6 is 0 Å². The summed E-state index contributed by atoms with van der Waals surface area (Å²) in [6, 6.07) is 0.368. The van der Waals surface area contributed by atoms with Crippen molar-refractivity contribution in [2.75, 3.05) is 39.3 Å². The third-order valence-corrected chi connectivity index (χ3v) is 3.05. The van der Waals surface area contributed by atoms with Gasteiger partial charge in [0.15, 0.2) is 0 Å². The Hall–Kier alpha value is -0.120. The molecule has 0 aliphatic carbocycles. The van der Waals surface area contributed by atoms with Gasteiger partial charge in [0, 0.05) is 32.2 Å². The van der Waals surface area contributed by atoms with Crippen LogP contribution in [0.2, 0.25) is 0 Å². The average Bonchev–Trinajstić information content (AvgIpc) is 2.18. The van der Waals surface area contributed by atoms with Crippen molar-refractivity contribution in [3.8, 4) is 0 Å². The van der Waals surface area contributed by atoms with E-state index in [0.29, 0.717) is 6.04 Å². The third kappa shape index (κ3) is 4.40. The third-order valence-electron chi connectivity index (χ3n) is 3.05. The van der Waals surface area contributed by atoms with Crippen LogP contribution in [0, 0.1) is 0 Å². The van der Waals surface area contributed by atoms with Gasteiger partial charge in [-0.15, -0.1) is 0 Å². The average molecular weight is 199 g/mol. The number of hydrogen-bond acceptors (Lipinski definition) is 3. The van der Waals surface area contributed by atoms with Gasteiger partial charge in [0.05, 0.1) is 0 Å². The topological polar surface area (TPSA) is 32.5 Å². The van der Waals surface area contributed by atoms with Crippen molar-refractivity contribution in [3.63, 3.8) is 0 Å². The molecule has 3 nitrogen and oxygen atoms in total. The fourth-order valence-electron chi connectivity index (χ4n) is 1.97. The van der Waals surface area contributed by atoms with Crippen molar-refractivity contribution in [3.05, 3.63) is 0 Å². The Kier molecular flexibility index (Phi) is 5.45. The summed E-state index contributed by atoms with van der Waals surface area (Å²) < 4.78 is 0. The van der Waals surface area contributed by atoms with Crippen LogP contribution in [0.3, 0.4) is 0 Å². The van der Waals surface area contributed by atoms with E-state index in [2.05, 4.69) is 23.6 Å². The molecule has 0 aromatic heterocycles. The Morgan fingerprint density at radius 3 is 2.21 bits per heavy atom. The summed E-state index contributed by atoms with van der Waals surface area (Å²) in [7, 11) is 0. The number of piperazine rings is 1. The van der Waals surface area contributed by atoms with E-state index in [4.69, 9.17) is 5.73 Å².